The summed E-state index contributed by atoms with van der Waals surface area (Å²) in [6.07, 6.45) is 3.77. The monoisotopic (exact) mass is 867 g/mol. The molecular weight excluding hydrogens is 824 g/mol. The topological polar surface area (TPSA) is 58.0 Å². The first kappa shape index (κ1) is 37.9. The van der Waals surface area contributed by atoms with Crippen LogP contribution in [-0.4, -0.2) is 42.1 Å². The molecule has 0 radical (unpaired) electrons. The van der Waals surface area contributed by atoms with Crippen LogP contribution in [0, 0.1) is 35.9 Å². The first-order valence-corrected chi connectivity index (χ1v) is 16.8. The average molecular weight is 868 g/mol. The number of pyridine rings is 4. The summed E-state index contributed by atoms with van der Waals surface area (Å²) in [6, 6.07) is 15.0. The minimum atomic E-state index is -1.01. The van der Waals surface area contributed by atoms with E-state index in [4.69, 9.17) is 9.97 Å². The van der Waals surface area contributed by atoms with Crippen molar-refractivity contribution in [3.05, 3.63) is 83.7 Å². The van der Waals surface area contributed by atoms with Crippen molar-refractivity contribution in [2.75, 3.05) is 9.80 Å². The number of rotatable bonds is 6. The van der Waals surface area contributed by atoms with Gasteiger partial charge in [-0.1, -0.05) is 35.4 Å². The maximum absolute atomic E-state index is 15.3. The molecule has 6 nitrogen and oxygen atoms in total. The third-order valence-corrected chi connectivity index (χ3v) is 10.5. The van der Waals surface area contributed by atoms with E-state index >= 15 is 8.78 Å². The SMILES string of the molecule is CC(C)(c1cc(N2C(C)(C)CCC2(C)C)cc(-c2[c-]cc(F)nc2F)n1)c1cc(N2C(C)(C)CCC2(C)C)cc(-c2[c-]cc(F)nc2F)n1.[Pt+2]. The van der Waals surface area contributed by atoms with Gasteiger partial charge in [0.25, 0.3) is 0 Å². The molecule has 0 unspecified atom stereocenters. The Morgan fingerprint density at radius 3 is 1.18 bits per heavy atom. The molecule has 2 aliphatic rings. The van der Waals surface area contributed by atoms with E-state index in [0.29, 0.717) is 11.4 Å². The zero-order chi connectivity index (χ0) is 35.9. The predicted octanol–water partition coefficient (Wildman–Crippen LogP) is 9.40. The molecule has 0 bridgehead atoms. The summed E-state index contributed by atoms with van der Waals surface area (Å²) in [4.78, 5) is 21.4. The molecule has 11 heteroatoms. The molecule has 0 atom stereocenters. The van der Waals surface area contributed by atoms with Gasteiger partial charge in [-0.2, -0.15) is 0 Å². The normalized spacial score (nSPS) is 19.1. The average Bonchev–Trinajstić information content (AvgIpc) is 3.36. The number of hydrogen-bond acceptors (Lipinski definition) is 6. The second kappa shape index (κ2) is 12.7. The van der Waals surface area contributed by atoms with Crippen LogP contribution < -0.4 is 9.80 Å². The standard InChI is InChI=1S/C39H44F4N6.Pt/c1-35(2)15-16-36(3,4)48(35)23-19-27(25-11-13-31(40)46-33(25)42)44-29(21-23)39(9,10)30-22-24(49-37(5,6)17-18-38(49,7)8)20-28(45-30)26-12-14-32(41)47-34(26)43;/h13-14,19-22H,15-18H2,1-10H3;/q-2;+2. The molecule has 4 aromatic rings. The van der Waals surface area contributed by atoms with Crippen molar-refractivity contribution in [2.24, 2.45) is 0 Å². The Labute approximate surface area is 307 Å². The van der Waals surface area contributed by atoms with E-state index < -0.39 is 29.2 Å². The summed E-state index contributed by atoms with van der Waals surface area (Å²) in [5, 5.41) is 0. The van der Waals surface area contributed by atoms with E-state index in [1.165, 1.54) is 0 Å². The van der Waals surface area contributed by atoms with E-state index in [1.807, 2.05) is 38.1 Å². The first-order chi connectivity index (χ1) is 22.6. The van der Waals surface area contributed by atoms with Crippen LogP contribution in [0.25, 0.3) is 22.5 Å². The smallest absolute Gasteiger partial charge is 0.362 e. The Morgan fingerprint density at radius 1 is 0.560 bits per heavy atom. The van der Waals surface area contributed by atoms with E-state index in [9.17, 15) is 8.78 Å². The van der Waals surface area contributed by atoms with Crippen molar-refractivity contribution in [1.29, 1.82) is 0 Å². The van der Waals surface area contributed by atoms with Crippen LogP contribution in [0.3, 0.4) is 0 Å². The molecule has 0 N–H and O–H groups in total. The Kier molecular flexibility index (Phi) is 9.60. The largest absolute Gasteiger partial charge is 2.00 e. The van der Waals surface area contributed by atoms with Gasteiger partial charge in [-0.3, -0.25) is 9.97 Å². The summed E-state index contributed by atoms with van der Waals surface area (Å²) in [6.45, 7) is 21.4. The summed E-state index contributed by atoms with van der Waals surface area (Å²) < 4.78 is 58.3. The second-order valence-electron chi connectivity index (χ2n) is 16.5. The summed E-state index contributed by atoms with van der Waals surface area (Å²) in [5.41, 5.74) is 1.32. The molecule has 6 rings (SSSR count). The van der Waals surface area contributed by atoms with Gasteiger partial charge in [-0.25, -0.2) is 17.6 Å². The van der Waals surface area contributed by atoms with Crippen LogP contribution in [0.1, 0.15) is 106 Å². The number of aromatic nitrogens is 4. The molecule has 50 heavy (non-hydrogen) atoms. The Morgan fingerprint density at radius 2 is 0.880 bits per heavy atom. The van der Waals surface area contributed by atoms with Gasteiger partial charge in [-0.05, 0) is 118 Å². The molecular formula is C39H44F4N6Pt. The van der Waals surface area contributed by atoms with Crippen molar-refractivity contribution in [2.45, 2.75) is 122 Å². The molecule has 0 saturated carbocycles. The van der Waals surface area contributed by atoms with Crippen LogP contribution >= 0.6 is 0 Å². The van der Waals surface area contributed by atoms with Gasteiger partial charge in [0.05, 0.1) is 0 Å². The predicted molar refractivity (Wildman–Crippen MR) is 184 cm³/mol. The number of anilines is 2. The summed E-state index contributed by atoms with van der Waals surface area (Å²) in [5.74, 6) is -3.96. The van der Waals surface area contributed by atoms with Crippen molar-refractivity contribution in [1.82, 2.24) is 19.9 Å². The number of nitrogens with zero attached hydrogens (tertiary/aromatic N) is 6. The Balaban J connectivity index is 0.00000486. The van der Waals surface area contributed by atoms with Gasteiger partial charge < -0.3 is 19.8 Å². The van der Waals surface area contributed by atoms with Crippen LogP contribution in [0.5, 0.6) is 0 Å². The third kappa shape index (κ3) is 6.69. The van der Waals surface area contributed by atoms with Crippen molar-refractivity contribution < 1.29 is 38.6 Å². The van der Waals surface area contributed by atoms with E-state index in [-0.39, 0.29) is 65.7 Å². The molecule has 6 heterocycles. The Hall–Kier alpha value is -3.39. The molecule has 268 valence electrons. The fourth-order valence-corrected chi connectivity index (χ4v) is 8.13. The van der Waals surface area contributed by atoms with E-state index in [2.05, 4.69) is 87.3 Å². The minimum Gasteiger partial charge on any atom is -0.362 e. The summed E-state index contributed by atoms with van der Waals surface area (Å²) >= 11 is 0. The zero-order valence-corrected chi connectivity index (χ0v) is 32.6. The van der Waals surface area contributed by atoms with Gasteiger partial charge in [0.2, 0.25) is 0 Å². The number of hydrogen-bond donors (Lipinski definition) is 0. The van der Waals surface area contributed by atoms with Gasteiger partial charge in [-0.15, -0.1) is 12.1 Å². The van der Waals surface area contributed by atoms with E-state index in [1.54, 1.807) is 0 Å². The zero-order valence-electron chi connectivity index (χ0n) is 30.3. The minimum absolute atomic E-state index is 0. The van der Waals surface area contributed by atoms with Crippen LogP contribution in [0.15, 0.2) is 36.4 Å². The molecule has 0 aromatic carbocycles. The van der Waals surface area contributed by atoms with E-state index in [0.717, 1.165) is 49.2 Å². The maximum atomic E-state index is 15.3. The van der Waals surface area contributed by atoms with Crippen LogP contribution in [0.2, 0.25) is 0 Å². The number of halogens is 4. The molecule has 2 saturated heterocycles. The fourth-order valence-electron chi connectivity index (χ4n) is 8.13. The van der Waals surface area contributed by atoms with Gasteiger partial charge >= 0.3 is 21.1 Å². The maximum Gasteiger partial charge on any atom is 2.00 e. The van der Waals surface area contributed by atoms with Crippen molar-refractivity contribution in [3.63, 3.8) is 0 Å². The molecule has 4 aromatic heterocycles. The van der Waals surface area contributed by atoms with Crippen molar-refractivity contribution >= 4 is 11.4 Å². The summed E-state index contributed by atoms with van der Waals surface area (Å²) in [7, 11) is 0. The molecule has 0 amide bonds. The van der Waals surface area contributed by atoms with Gasteiger partial charge in [0.1, 0.15) is 23.8 Å². The van der Waals surface area contributed by atoms with Crippen LogP contribution in [0.4, 0.5) is 28.9 Å². The molecule has 0 aliphatic carbocycles. The molecule has 2 aliphatic heterocycles. The third-order valence-electron chi connectivity index (χ3n) is 10.5. The molecule has 2 fully saturated rings. The molecule has 0 spiro atoms. The Bertz CT molecular complexity index is 1770. The van der Waals surface area contributed by atoms with Crippen LogP contribution in [-0.2, 0) is 26.5 Å². The quantitative estimate of drug-likeness (QED) is 0.110. The fraction of sp³-hybridized carbons (Fsp3) is 0.487. The van der Waals surface area contributed by atoms with Gasteiger partial charge in [0.15, 0.2) is 0 Å². The van der Waals surface area contributed by atoms with Crippen molar-refractivity contribution in [3.8, 4) is 22.5 Å². The first-order valence-electron chi connectivity index (χ1n) is 16.8. The van der Waals surface area contributed by atoms with Gasteiger partial charge in [0, 0.05) is 50.3 Å². The second-order valence-corrected chi connectivity index (χ2v) is 16.5.